The molecule has 1 radical (unpaired) electrons. The third-order valence-electron chi connectivity index (χ3n) is 0. The van der Waals surface area contributed by atoms with Crippen molar-refractivity contribution in [3.8, 4) is 0 Å². The fourth-order valence-electron chi connectivity index (χ4n) is 0. The molecule has 0 amide bonds. The standard InChI is InChI=1S/C3H5.Y/c1-3-2;/h3H,1-2H2;/q-1;. The third kappa shape index (κ3) is 15.6. The van der Waals surface area contributed by atoms with Crippen LogP contribution >= 0.6 is 0 Å². The Labute approximate surface area is 52.2 Å². The third-order valence-corrected chi connectivity index (χ3v) is 0. The maximum atomic E-state index is 3.25. The Hall–Kier alpha value is 0.714. The van der Waals surface area contributed by atoms with E-state index >= 15 is 0 Å². The molecular formula is C3H5Y-. The van der Waals surface area contributed by atoms with E-state index in [0.717, 1.165) is 0 Å². The van der Waals surface area contributed by atoms with Crippen LogP contribution in [0.4, 0.5) is 0 Å². The van der Waals surface area contributed by atoms with Crippen molar-refractivity contribution in [2.24, 2.45) is 0 Å². The Bertz CT molecular complexity index is 10.8. The van der Waals surface area contributed by atoms with Gasteiger partial charge in [-0.15, -0.1) is 0 Å². The van der Waals surface area contributed by atoms with Gasteiger partial charge in [-0.25, -0.2) is 19.6 Å². The fraction of sp³-hybridized carbons (Fsp3) is 0. The Kier molecular flexibility index (Phi) is 20.6. The number of rotatable bonds is 0. The first-order valence-electron chi connectivity index (χ1n) is 0.816. The summed E-state index contributed by atoms with van der Waals surface area (Å²) in [5, 5.41) is 0. The summed E-state index contributed by atoms with van der Waals surface area (Å²) in [6.45, 7) is 6.50. The molecule has 0 aromatic heterocycles. The largest absolute Gasteiger partial charge is 0.245 e. The van der Waals surface area contributed by atoms with Gasteiger partial charge < -0.3 is 0 Å². The molecule has 0 aliphatic carbocycles. The van der Waals surface area contributed by atoms with Gasteiger partial charge in [0.05, 0.1) is 0 Å². The Morgan fingerprint density at radius 2 is 1.75 bits per heavy atom. The maximum absolute atomic E-state index is 3.25. The van der Waals surface area contributed by atoms with Gasteiger partial charge in [0.2, 0.25) is 0 Å². The summed E-state index contributed by atoms with van der Waals surface area (Å²) in [5.74, 6) is 0. The van der Waals surface area contributed by atoms with Gasteiger partial charge in [0, 0.05) is 32.7 Å². The zero-order valence-corrected chi connectivity index (χ0v) is 5.41. The fourth-order valence-corrected chi connectivity index (χ4v) is 0. The first kappa shape index (κ1) is 8.83. The van der Waals surface area contributed by atoms with E-state index in [1.165, 1.54) is 6.08 Å². The molecule has 0 aliphatic rings. The van der Waals surface area contributed by atoms with Crippen molar-refractivity contribution in [1.82, 2.24) is 0 Å². The Morgan fingerprint density at radius 1 is 1.75 bits per heavy atom. The van der Waals surface area contributed by atoms with Crippen molar-refractivity contribution in [3.05, 3.63) is 19.6 Å². The van der Waals surface area contributed by atoms with E-state index in [-0.39, 0.29) is 32.7 Å². The van der Waals surface area contributed by atoms with Crippen molar-refractivity contribution >= 4 is 0 Å². The van der Waals surface area contributed by atoms with Crippen LogP contribution in [0.15, 0.2) is 12.7 Å². The van der Waals surface area contributed by atoms with Crippen LogP contribution in [0, 0.1) is 6.92 Å². The van der Waals surface area contributed by atoms with Gasteiger partial charge in [0.1, 0.15) is 0 Å². The number of hydrogen-bond acceptors (Lipinski definition) is 0. The average Bonchev–Trinajstić information content (AvgIpc) is 0.918. The maximum Gasteiger partial charge on any atom is 0 e. The van der Waals surface area contributed by atoms with Gasteiger partial charge in [-0.05, 0) is 0 Å². The Morgan fingerprint density at radius 3 is 1.75 bits per heavy atom. The molecule has 0 unspecified atom stereocenters. The molecule has 0 aliphatic heterocycles. The molecule has 0 spiro atoms. The smallest absolute Gasteiger partial charge is 0 e. The molecule has 0 nitrogen and oxygen atoms in total. The predicted octanol–water partition coefficient (Wildman–Crippen LogP) is 1.00. The monoisotopic (exact) mass is 130 g/mol. The molecule has 0 aromatic rings. The minimum Gasteiger partial charge on any atom is -0.245 e. The second kappa shape index (κ2) is 9.31. The average molecular weight is 130 g/mol. The minimum absolute atomic E-state index is 0. The normalized spacial score (nSPS) is 3.00. The van der Waals surface area contributed by atoms with Crippen LogP contribution in [0.3, 0.4) is 0 Å². The summed E-state index contributed by atoms with van der Waals surface area (Å²) in [6.07, 6.45) is 1.50. The molecule has 0 aromatic carbocycles. The van der Waals surface area contributed by atoms with Crippen molar-refractivity contribution in [2.45, 2.75) is 0 Å². The molecule has 1 heteroatoms. The molecule has 0 bridgehead atoms. The molecule has 21 valence electrons. The van der Waals surface area contributed by atoms with E-state index in [4.69, 9.17) is 0 Å². The van der Waals surface area contributed by atoms with Gasteiger partial charge in [0.15, 0.2) is 0 Å². The summed E-state index contributed by atoms with van der Waals surface area (Å²) in [6, 6.07) is 0. The molecule has 0 heterocycles. The van der Waals surface area contributed by atoms with Crippen LogP contribution in [0.5, 0.6) is 0 Å². The van der Waals surface area contributed by atoms with Crippen molar-refractivity contribution < 1.29 is 32.7 Å². The summed E-state index contributed by atoms with van der Waals surface area (Å²) < 4.78 is 0. The molecule has 4 heavy (non-hydrogen) atoms. The predicted molar refractivity (Wildman–Crippen MR) is 15.6 cm³/mol. The minimum atomic E-state index is 0. The van der Waals surface area contributed by atoms with Crippen LogP contribution < -0.4 is 0 Å². The second-order valence-electron chi connectivity index (χ2n) is 0.289. The Balaban J connectivity index is 0. The number of allylic oxidation sites excluding steroid dienone is 1. The molecule has 0 N–H and O–H groups in total. The zero-order valence-electron chi connectivity index (χ0n) is 2.57. The summed E-state index contributed by atoms with van der Waals surface area (Å²) in [7, 11) is 0. The van der Waals surface area contributed by atoms with Crippen LogP contribution in [0.1, 0.15) is 0 Å². The van der Waals surface area contributed by atoms with Gasteiger partial charge in [-0.1, -0.05) is 0 Å². The van der Waals surface area contributed by atoms with E-state index in [1.54, 1.807) is 0 Å². The summed E-state index contributed by atoms with van der Waals surface area (Å²) in [4.78, 5) is 0. The van der Waals surface area contributed by atoms with Crippen LogP contribution in [0.2, 0.25) is 0 Å². The van der Waals surface area contributed by atoms with E-state index in [2.05, 4.69) is 13.5 Å². The van der Waals surface area contributed by atoms with Gasteiger partial charge in [0.25, 0.3) is 0 Å². The number of hydrogen-bond donors (Lipinski definition) is 0. The quantitative estimate of drug-likeness (QED) is 0.429. The molecule has 0 saturated carbocycles. The van der Waals surface area contributed by atoms with E-state index in [0.29, 0.717) is 0 Å². The molecule has 0 rings (SSSR count). The van der Waals surface area contributed by atoms with Crippen LogP contribution in [0.25, 0.3) is 0 Å². The van der Waals surface area contributed by atoms with E-state index in [9.17, 15) is 0 Å². The summed E-state index contributed by atoms with van der Waals surface area (Å²) >= 11 is 0. The van der Waals surface area contributed by atoms with Gasteiger partial charge in [-0.3, -0.25) is 0 Å². The van der Waals surface area contributed by atoms with Crippen LogP contribution in [-0.2, 0) is 32.7 Å². The van der Waals surface area contributed by atoms with Crippen molar-refractivity contribution in [1.29, 1.82) is 0 Å². The molecule has 0 atom stereocenters. The zero-order chi connectivity index (χ0) is 2.71. The molecular weight excluding hydrogens is 125 g/mol. The molecule has 0 saturated heterocycles. The summed E-state index contributed by atoms with van der Waals surface area (Å²) in [5.41, 5.74) is 0. The van der Waals surface area contributed by atoms with Crippen LogP contribution in [-0.4, -0.2) is 0 Å². The van der Waals surface area contributed by atoms with Gasteiger partial charge >= 0.3 is 0 Å². The molecule has 0 fully saturated rings. The van der Waals surface area contributed by atoms with Gasteiger partial charge in [-0.2, -0.15) is 0 Å². The first-order valence-corrected chi connectivity index (χ1v) is 0.816. The topological polar surface area (TPSA) is 0 Å². The van der Waals surface area contributed by atoms with E-state index < -0.39 is 0 Å². The SMILES string of the molecule is C=C[CH2-].[Y]. The van der Waals surface area contributed by atoms with E-state index in [1.807, 2.05) is 0 Å². The van der Waals surface area contributed by atoms with Crippen molar-refractivity contribution in [2.75, 3.05) is 0 Å². The second-order valence-corrected chi connectivity index (χ2v) is 0.289. The first-order chi connectivity index (χ1) is 1.41. The van der Waals surface area contributed by atoms with Crippen molar-refractivity contribution in [3.63, 3.8) is 0 Å².